The molecule has 1 aliphatic heterocycles. The van der Waals surface area contributed by atoms with E-state index in [9.17, 15) is 15.2 Å². The molecule has 2 rings (SSSR count). The van der Waals surface area contributed by atoms with E-state index in [0.29, 0.717) is 36.5 Å². The Morgan fingerprint density at radius 3 is 2.60 bits per heavy atom. The molecule has 0 spiro atoms. The monoisotopic (exact) mass is 279 g/mol. The van der Waals surface area contributed by atoms with Crippen LogP contribution in [0.1, 0.15) is 30.7 Å². The van der Waals surface area contributed by atoms with E-state index in [1.54, 1.807) is 20.0 Å². The molecule has 0 atom stereocenters. The van der Waals surface area contributed by atoms with Gasteiger partial charge < -0.3 is 5.11 Å². The number of nitrogens with zero attached hydrogens (tertiary/aromatic N) is 3. The molecule has 0 amide bonds. The van der Waals surface area contributed by atoms with Crippen LogP contribution in [-0.4, -0.2) is 38.6 Å². The van der Waals surface area contributed by atoms with Gasteiger partial charge >= 0.3 is 0 Å². The summed E-state index contributed by atoms with van der Waals surface area (Å²) in [5.41, 5.74) is 1.43. The first-order chi connectivity index (χ1) is 9.24. The van der Waals surface area contributed by atoms with Crippen LogP contribution in [0.2, 0.25) is 0 Å². The van der Waals surface area contributed by atoms with E-state index < -0.39 is 5.60 Å². The highest BCUT2D eigenvalue weighted by atomic mass is 16.6. The molecule has 1 aliphatic rings. The van der Waals surface area contributed by atoms with Crippen LogP contribution in [-0.2, 0) is 6.54 Å². The minimum Gasteiger partial charge on any atom is -0.387 e. The van der Waals surface area contributed by atoms with Crippen molar-refractivity contribution in [1.82, 2.24) is 9.88 Å². The highest BCUT2D eigenvalue weighted by Crippen LogP contribution is 2.31. The summed E-state index contributed by atoms with van der Waals surface area (Å²) in [5, 5.41) is 21.3. The van der Waals surface area contributed by atoms with Crippen molar-refractivity contribution in [1.29, 1.82) is 0 Å². The Morgan fingerprint density at radius 2 is 2.10 bits per heavy atom. The number of nitro groups is 1. The molecule has 1 aromatic rings. The van der Waals surface area contributed by atoms with Gasteiger partial charge in [-0.15, -0.1) is 0 Å². The standard InChI is InChI=1S/C14H21N3O3/c1-9(2)14(18)7-16(8-14)6-12-11(4)13(17(19)20)10(3)5-15-12/h5,9,18H,6-8H2,1-4H3. The van der Waals surface area contributed by atoms with Crippen molar-refractivity contribution in [3.05, 3.63) is 33.1 Å². The molecule has 0 radical (unpaired) electrons. The smallest absolute Gasteiger partial charge is 0.278 e. The van der Waals surface area contributed by atoms with E-state index in [2.05, 4.69) is 9.88 Å². The lowest BCUT2D eigenvalue weighted by Gasteiger charge is -2.49. The van der Waals surface area contributed by atoms with E-state index in [0.717, 1.165) is 0 Å². The third kappa shape index (κ3) is 2.53. The molecule has 1 saturated heterocycles. The Balaban J connectivity index is 2.13. The molecule has 0 aromatic carbocycles. The number of β-amino-alcohol motifs (C(OH)–C–C–N with tert-alkyl or cyclic N) is 1. The number of pyridine rings is 1. The van der Waals surface area contributed by atoms with E-state index in [-0.39, 0.29) is 16.5 Å². The fourth-order valence-corrected chi connectivity index (χ4v) is 2.62. The van der Waals surface area contributed by atoms with Gasteiger partial charge in [-0.05, 0) is 19.8 Å². The van der Waals surface area contributed by atoms with E-state index in [4.69, 9.17) is 0 Å². The minimum absolute atomic E-state index is 0.148. The van der Waals surface area contributed by atoms with E-state index >= 15 is 0 Å². The van der Waals surface area contributed by atoms with Crippen LogP contribution in [0.15, 0.2) is 6.20 Å². The number of hydrogen-bond donors (Lipinski definition) is 1. The van der Waals surface area contributed by atoms with Gasteiger partial charge in [0, 0.05) is 37.0 Å². The van der Waals surface area contributed by atoms with Crippen LogP contribution in [0.25, 0.3) is 0 Å². The van der Waals surface area contributed by atoms with Crippen molar-refractivity contribution in [3.63, 3.8) is 0 Å². The summed E-state index contributed by atoms with van der Waals surface area (Å²) in [6.07, 6.45) is 1.55. The molecule has 1 aromatic heterocycles. The van der Waals surface area contributed by atoms with Gasteiger partial charge in [0.1, 0.15) is 0 Å². The Labute approximate surface area is 118 Å². The molecular weight excluding hydrogens is 258 g/mol. The summed E-state index contributed by atoms with van der Waals surface area (Å²) in [6.45, 7) is 9.16. The zero-order chi connectivity index (χ0) is 15.1. The van der Waals surface area contributed by atoms with Gasteiger partial charge in [-0.1, -0.05) is 13.8 Å². The molecule has 2 heterocycles. The second kappa shape index (κ2) is 5.10. The predicted octanol–water partition coefficient (Wildman–Crippen LogP) is 1.81. The highest BCUT2D eigenvalue weighted by molar-refractivity contribution is 5.47. The average molecular weight is 279 g/mol. The molecule has 1 fully saturated rings. The maximum Gasteiger partial charge on any atom is 0.278 e. The second-order valence-corrected chi connectivity index (χ2v) is 6.02. The Kier molecular flexibility index (Phi) is 3.80. The fraction of sp³-hybridized carbons (Fsp3) is 0.643. The summed E-state index contributed by atoms with van der Waals surface area (Å²) in [5.74, 6) is 0.208. The zero-order valence-electron chi connectivity index (χ0n) is 12.4. The Hall–Kier alpha value is -1.53. The van der Waals surface area contributed by atoms with Gasteiger partial charge in [0.2, 0.25) is 0 Å². The fourth-order valence-electron chi connectivity index (χ4n) is 2.62. The van der Waals surface area contributed by atoms with Gasteiger partial charge in [0.05, 0.1) is 16.2 Å². The summed E-state index contributed by atoms with van der Waals surface area (Å²) in [7, 11) is 0. The van der Waals surface area contributed by atoms with Crippen molar-refractivity contribution < 1.29 is 10.0 Å². The third-order valence-electron chi connectivity index (χ3n) is 4.20. The maximum atomic E-state index is 11.1. The van der Waals surface area contributed by atoms with Crippen LogP contribution in [0, 0.1) is 29.9 Å². The van der Waals surface area contributed by atoms with Crippen molar-refractivity contribution >= 4 is 5.69 Å². The first-order valence-corrected chi connectivity index (χ1v) is 6.79. The first-order valence-electron chi connectivity index (χ1n) is 6.79. The van der Waals surface area contributed by atoms with Gasteiger partial charge in [0.15, 0.2) is 0 Å². The number of rotatable bonds is 4. The SMILES string of the molecule is Cc1cnc(CN2CC(O)(C(C)C)C2)c(C)c1[N+](=O)[O-]. The molecule has 1 N–H and O–H groups in total. The molecule has 0 aliphatic carbocycles. The first kappa shape index (κ1) is 14.9. The molecule has 20 heavy (non-hydrogen) atoms. The summed E-state index contributed by atoms with van der Waals surface area (Å²) >= 11 is 0. The molecule has 0 saturated carbocycles. The predicted molar refractivity (Wildman–Crippen MR) is 75.4 cm³/mol. The van der Waals surface area contributed by atoms with Crippen LogP contribution >= 0.6 is 0 Å². The van der Waals surface area contributed by atoms with Gasteiger partial charge in [0.25, 0.3) is 5.69 Å². The van der Waals surface area contributed by atoms with Crippen molar-refractivity contribution in [2.75, 3.05) is 13.1 Å². The van der Waals surface area contributed by atoms with Crippen LogP contribution in [0.5, 0.6) is 0 Å². The number of aliphatic hydroxyl groups is 1. The number of likely N-dealkylation sites (tertiary alicyclic amines) is 1. The van der Waals surface area contributed by atoms with Crippen molar-refractivity contribution in [2.45, 2.75) is 39.8 Å². The summed E-state index contributed by atoms with van der Waals surface area (Å²) in [6, 6.07) is 0. The minimum atomic E-state index is -0.634. The largest absolute Gasteiger partial charge is 0.387 e. The zero-order valence-corrected chi connectivity index (χ0v) is 12.4. The highest BCUT2D eigenvalue weighted by Gasteiger charge is 2.43. The van der Waals surface area contributed by atoms with Crippen LogP contribution in [0.4, 0.5) is 5.69 Å². The van der Waals surface area contributed by atoms with Crippen molar-refractivity contribution in [3.8, 4) is 0 Å². The summed E-state index contributed by atoms with van der Waals surface area (Å²) < 4.78 is 0. The lowest BCUT2D eigenvalue weighted by Crippen LogP contribution is -2.63. The normalized spacial score (nSPS) is 18.1. The van der Waals surface area contributed by atoms with Gasteiger partial charge in [-0.3, -0.25) is 20.0 Å². The molecular formula is C14H21N3O3. The van der Waals surface area contributed by atoms with E-state index in [1.807, 2.05) is 13.8 Å². The Morgan fingerprint density at radius 1 is 1.50 bits per heavy atom. The molecule has 6 nitrogen and oxygen atoms in total. The molecule has 110 valence electrons. The van der Waals surface area contributed by atoms with Crippen LogP contribution < -0.4 is 0 Å². The third-order valence-corrected chi connectivity index (χ3v) is 4.20. The van der Waals surface area contributed by atoms with Gasteiger partial charge in [-0.25, -0.2) is 0 Å². The second-order valence-electron chi connectivity index (χ2n) is 6.02. The number of aromatic nitrogens is 1. The molecule has 0 bridgehead atoms. The number of hydrogen-bond acceptors (Lipinski definition) is 5. The maximum absolute atomic E-state index is 11.1. The van der Waals surface area contributed by atoms with Crippen LogP contribution in [0.3, 0.4) is 0 Å². The lowest BCUT2D eigenvalue weighted by molar-refractivity contribution is -0.386. The Bertz CT molecular complexity index is 537. The van der Waals surface area contributed by atoms with Crippen molar-refractivity contribution in [2.24, 2.45) is 5.92 Å². The van der Waals surface area contributed by atoms with E-state index in [1.165, 1.54) is 0 Å². The molecule has 0 unspecified atom stereocenters. The summed E-state index contributed by atoms with van der Waals surface area (Å²) in [4.78, 5) is 17.1. The number of aryl methyl sites for hydroxylation is 1. The topological polar surface area (TPSA) is 79.5 Å². The lowest BCUT2D eigenvalue weighted by atomic mass is 9.83. The average Bonchev–Trinajstić information content (AvgIpc) is 2.29. The van der Waals surface area contributed by atoms with Gasteiger partial charge in [-0.2, -0.15) is 0 Å². The molecule has 6 heteroatoms. The quantitative estimate of drug-likeness (QED) is 0.671.